The fraction of sp³-hybridized carbons (Fsp3) is 0.231. The fourth-order valence-corrected chi connectivity index (χ4v) is 1.97. The number of hydrogen-bond donors (Lipinski definition) is 3. The highest BCUT2D eigenvalue weighted by molar-refractivity contribution is 6.01. The number of nitrogens with one attached hydrogen (secondary N) is 3. The molecule has 0 saturated heterocycles. The first-order chi connectivity index (χ1) is 10.1. The van der Waals surface area contributed by atoms with Crippen LogP contribution in [0.25, 0.3) is 0 Å². The van der Waals surface area contributed by atoms with Crippen LogP contribution in [-0.2, 0) is 6.42 Å². The summed E-state index contributed by atoms with van der Waals surface area (Å²) in [5.74, 6) is -0.359. The van der Waals surface area contributed by atoms with Gasteiger partial charge in [0.25, 0.3) is 11.6 Å². The van der Waals surface area contributed by atoms with E-state index in [1.54, 1.807) is 25.6 Å². The molecule has 1 amide bonds. The lowest BCUT2D eigenvalue weighted by Crippen LogP contribution is -2.26. The van der Waals surface area contributed by atoms with Crippen molar-refractivity contribution in [3.05, 3.63) is 52.1 Å². The number of amides is 1. The Bertz CT molecular complexity index is 639. The van der Waals surface area contributed by atoms with E-state index in [1.165, 1.54) is 12.1 Å². The number of carbonyl (C=O) groups excluding carboxylic acids is 1. The third-order valence-electron chi connectivity index (χ3n) is 2.97. The van der Waals surface area contributed by atoms with Crippen LogP contribution in [0.3, 0.4) is 0 Å². The maximum Gasteiger partial charge on any atom is 0.293 e. The van der Waals surface area contributed by atoms with Crippen molar-refractivity contribution in [1.82, 2.24) is 15.3 Å². The van der Waals surface area contributed by atoms with Crippen molar-refractivity contribution in [3.8, 4) is 0 Å². The molecule has 8 heteroatoms. The van der Waals surface area contributed by atoms with Crippen molar-refractivity contribution in [1.29, 1.82) is 0 Å². The van der Waals surface area contributed by atoms with E-state index in [9.17, 15) is 14.9 Å². The molecular formula is C13H15N5O3. The van der Waals surface area contributed by atoms with Gasteiger partial charge in [-0.25, -0.2) is 4.98 Å². The summed E-state index contributed by atoms with van der Waals surface area (Å²) in [5.41, 5.74) is 1.24. The topological polar surface area (TPSA) is 113 Å². The zero-order valence-electron chi connectivity index (χ0n) is 11.4. The molecule has 110 valence electrons. The average molecular weight is 289 g/mol. The number of nitrogens with zero attached hydrogens (tertiary/aromatic N) is 2. The number of imidazole rings is 1. The van der Waals surface area contributed by atoms with E-state index >= 15 is 0 Å². The lowest BCUT2D eigenvalue weighted by molar-refractivity contribution is -0.384. The normalized spacial score (nSPS) is 10.1. The molecule has 0 aliphatic heterocycles. The molecule has 1 aromatic heterocycles. The number of hydrogen-bond acceptors (Lipinski definition) is 5. The van der Waals surface area contributed by atoms with Crippen molar-refractivity contribution in [2.45, 2.75) is 6.42 Å². The first-order valence-electron chi connectivity index (χ1n) is 6.34. The molecule has 1 heterocycles. The molecule has 1 aromatic carbocycles. The minimum Gasteiger partial charge on any atom is -0.382 e. The van der Waals surface area contributed by atoms with Crippen LogP contribution < -0.4 is 10.6 Å². The van der Waals surface area contributed by atoms with Gasteiger partial charge < -0.3 is 15.6 Å². The van der Waals surface area contributed by atoms with E-state index in [1.807, 2.05) is 0 Å². The van der Waals surface area contributed by atoms with Crippen LogP contribution in [0.5, 0.6) is 0 Å². The monoisotopic (exact) mass is 289 g/mol. The molecule has 0 unspecified atom stereocenters. The van der Waals surface area contributed by atoms with Crippen molar-refractivity contribution in [2.75, 3.05) is 18.9 Å². The number of nitro benzene ring substituents is 1. The highest BCUT2D eigenvalue weighted by atomic mass is 16.6. The fourth-order valence-electron chi connectivity index (χ4n) is 1.97. The summed E-state index contributed by atoms with van der Waals surface area (Å²) >= 11 is 0. The molecule has 0 atom stereocenters. The average Bonchev–Trinajstić information content (AvgIpc) is 2.99. The van der Waals surface area contributed by atoms with E-state index in [2.05, 4.69) is 20.6 Å². The Labute approximate surface area is 120 Å². The Morgan fingerprint density at radius 1 is 1.48 bits per heavy atom. The number of aromatic amines is 1. The lowest BCUT2D eigenvalue weighted by Gasteiger charge is -2.09. The summed E-state index contributed by atoms with van der Waals surface area (Å²) in [6, 6.07) is 4.39. The van der Waals surface area contributed by atoms with Crippen molar-refractivity contribution < 1.29 is 9.72 Å². The number of benzene rings is 1. The molecule has 3 N–H and O–H groups in total. The smallest absolute Gasteiger partial charge is 0.293 e. The van der Waals surface area contributed by atoms with E-state index in [0.29, 0.717) is 13.0 Å². The molecule has 0 saturated carbocycles. The summed E-state index contributed by atoms with van der Waals surface area (Å²) in [6.45, 7) is 0.410. The first-order valence-corrected chi connectivity index (χ1v) is 6.34. The van der Waals surface area contributed by atoms with Gasteiger partial charge in [-0.3, -0.25) is 14.9 Å². The number of anilines is 1. The summed E-state index contributed by atoms with van der Waals surface area (Å²) in [6.07, 6.45) is 3.85. The maximum atomic E-state index is 12.1. The lowest BCUT2D eigenvalue weighted by atomic mass is 10.1. The van der Waals surface area contributed by atoms with Gasteiger partial charge in [0.2, 0.25) is 0 Å². The predicted octanol–water partition coefficient (Wildman–Crippen LogP) is 1.33. The van der Waals surface area contributed by atoms with Crippen LogP contribution in [0.2, 0.25) is 0 Å². The van der Waals surface area contributed by atoms with Crippen LogP contribution in [-0.4, -0.2) is 34.4 Å². The summed E-state index contributed by atoms with van der Waals surface area (Å²) in [7, 11) is 1.55. The Morgan fingerprint density at radius 3 is 2.90 bits per heavy atom. The molecule has 0 aliphatic rings. The predicted molar refractivity (Wildman–Crippen MR) is 77.3 cm³/mol. The van der Waals surface area contributed by atoms with E-state index in [0.717, 1.165) is 5.69 Å². The highest BCUT2D eigenvalue weighted by Gasteiger charge is 2.20. The van der Waals surface area contributed by atoms with Gasteiger partial charge in [-0.15, -0.1) is 0 Å². The van der Waals surface area contributed by atoms with Gasteiger partial charge >= 0.3 is 0 Å². The molecule has 21 heavy (non-hydrogen) atoms. The molecule has 0 bridgehead atoms. The zero-order valence-corrected chi connectivity index (χ0v) is 11.4. The third-order valence-corrected chi connectivity index (χ3v) is 2.97. The van der Waals surface area contributed by atoms with Crippen LogP contribution in [0.15, 0.2) is 30.7 Å². The van der Waals surface area contributed by atoms with Gasteiger partial charge in [-0.2, -0.15) is 0 Å². The minimum atomic E-state index is -0.521. The molecule has 2 rings (SSSR count). The second kappa shape index (κ2) is 6.51. The van der Waals surface area contributed by atoms with E-state index in [4.69, 9.17) is 0 Å². The summed E-state index contributed by atoms with van der Waals surface area (Å²) in [4.78, 5) is 29.4. The van der Waals surface area contributed by atoms with Crippen LogP contribution >= 0.6 is 0 Å². The summed E-state index contributed by atoms with van der Waals surface area (Å²) < 4.78 is 0. The molecule has 2 aromatic rings. The van der Waals surface area contributed by atoms with Gasteiger partial charge in [-0.1, -0.05) is 6.07 Å². The number of H-pyrrole nitrogens is 1. The highest BCUT2D eigenvalue weighted by Crippen LogP contribution is 2.27. The molecule has 0 fully saturated rings. The molecular weight excluding hydrogens is 274 g/mol. The number of aromatic nitrogens is 2. The van der Waals surface area contributed by atoms with Gasteiger partial charge in [-0.05, 0) is 6.07 Å². The zero-order chi connectivity index (χ0) is 15.2. The van der Waals surface area contributed by atoms with Crippen LogP contribution in [0.4, 0.5) is 11.4 Å². The Hall–Kier alpha value is -2.90. The number of carbonyl (C=O) groups is 1. The molecule has 8 nitrogen and oxygen atoms in total. The van der Waals surface area contributed by atoms with Crippen molar-refractivity contribution in [3.63, 3.8) is 0 Å². The second-order valence-electron chi connectivity index (χ2n) is 4.29. The Morgan fingerprint density at radius 2 is 2.29 bits per heavy atom. The molecule has 0 aliphatic carbocycles. The summed E-state index contributed by atoms with van der Waals surface area (Å²) in [5, 5.41) is 16.4. The van der Waals surface area contributed by atoms with E-state index < -0.39 is 4.92 Å². The van der Waals surface area contributed by atoms with Gasteiger partial charge in [0.1, 0.15) is 5.69 Å². The number of nitro groups is 1. The number of para-hydroxylation sites is 1. The van der Waals surface area contributed by atoms with Crippen molar-refractivity contribution >= 4 is 17.3 Å². The SMILES string of the molecule is CNc1c(C(=O)NCCc2cnc[nH]2)cccc1[N+](=O)[O-]. The quantitative estimate of drug-likeness (QED) is 0.548. The van der Waals surface area contributed by atoms with Crippen LogP contribution in [0.1, 0.15) is 16.1 Å². The van der Waals surface area contributed by atoms with E-state index in [-0.39, 0.29) is 22.8 Å². The Balaban J connectivity index is 2.08. The van der Waals surface area contributed by atoms with Gasteiger partial charge in [0.05, 0.1) is 16.8 Å². The minimum absolute atomic E-state index is 0.126. The van der Waals surface area contributed by atoms with Crippen LogP contribution in [0, 0.1) is 10.1 Å². The molecule has 0 radical (unpaired) electrons. The van der Waals surface area contributed by atoms with Crippen molar-refractivity contribution in [2.24, 2.45) is 0 Å². The third kappa shape index (κ3) is 3.35. The Kier molecular flexibility index (Phi) is 4.50. The second-order valence-corrected chi connectivity index (χ2v) is 4.29. The largest absolute Gasteiger partial charge is 0.382 e. The maximum absolute atomic E-state index is 12.1. The van der Waals surface area contributed by atoms with Gasteiger partial charge in [0.15, 0.2) is 0 Å². The number of rotatable bonds is 6. The standard InChI is InChI=1S/C13H15N5O3/c1-14-12-10(3-2-4-11(12)18(20)21)13(19)16-6-5-9-7-15-8-17-9/h2-4,7-8,14H,5-6H2,1H3,(H,15,17)(H,16,19). The van der Waals surface area contributed by atoms with Gasteiger partial charge in [0, 0.05) is 38.0 Å². The first kappa shape index (κ1) is 14.5. The molecule has 0 spiro atoms.